The molecular formula is C15H17N3O2S. The molecular weight excluding hydrogens is 286 g/mol. The second-order valence-corrected chi connectivity index (χ2v) is 5.85. The number of rotatable bonds is 3. The van der Waals surface area contributed by atoms with Crippen LogP contribution >= 0.6 is 11.8 Å². The Bertz CT molecular complexity index is 557. The normalized spacial score (nSPS) is 15.3. The van der Waals surface area contributed by atoms with Gasteiger partial charge in [-0.3, -0.25) is 9.59 Å². The molecule has 0 unspecified atom stereocenters. The van der Waals surface area contributed by atoms with E-state index >= 15 is 0 Å². The summed E-state index contributed by atoms with van der Waals surface area (Å²) < 4.78 is 0. The molecule has 1 N–H and O–H groups in total. The lowest BCUT2D eigenvalue weighted by molar-refractivity contribution is -0.132. The number of piperidine rings is 1. The number of carbonyl (C=O) groups excluding carboxylic acids is 2. The lowest BCUT2D eigenvalue weighted by Gasteiger charge is -2.30. The van der Waals surface area contributed by atoms with Gasteiger partial charge in [-0.1, -0.05) is 0 Å². The molecule has 0 spiro atoms. The summed E-state index contributed by atoms with van der Waals surface area (Å²) >= 11 is 1.09. The Morgan fingerprint density at radius 3 is 2.43 bits per heavy atom. The van der Waals surface area contributed by atoms with Gasteiger partial charge >= 0.3 is 0 Å². The molecule has 1 fully saturated rings. The van der Waals surface area contributed by atoms with Crippen molar-refractivity contribution in [3.63, 3.8) is 0 Å². The maximum absolute atomic E-state index is 12.2. The van der Waals surface area contributed by atoms with E-state index in [1.807, 2.05) is 17.5 Å². The summed E-state index contributed by atoms with van der Waals surface area (Å²) in [7, 11) is 0. The quantitative estimate of drug-likeness (QED) is 0.687. The third kappa shape index (κ3) is 4.23. The highest BCUT2D eigenvalue weighted by atomic mass is 32.2. The molecule has 1 aromatic rings. The first-order valence-electron chi connectivity index (χ1n) is 6.82. The van der Waals surface area contributed by atoms with Crippen LogP contribution in [0.5, 0.6) is 0 Å². The van der Waals surface area contributed by atoms with Crippen molar-refractivity contribution >= 4 is 29.3 Å². The number of thioether (sulfide) groups is 1. The van der Waals surface area contributed by atoms with E-state index in [1.54, 1.807) is 24.0 Å². The molecule has 1 aliphatic heterocycles. The molecule has 1 aliphatic rings. The van der Waals surface area contributed by atoms with Gasteiger partial charge in [-0.25, -0.2) is 0 Å². The average molecular weight is 303 g/mol. The van der Waals surface area contributed by atoms with Gasteiger partial charge < -0.3 is 10.2 Å². The van der Waals surface area contributed by atoms with Crippen molar-refractivity contribution < 1.29 is 9.59 Å². The number of carbonyl (C=O) groups is 2. The third-order valence-electron chi connectivity index (χ3n) is 3.60. The number of nitrogens with one attached hydrogen (secondary N) is 1. The van der Waals surface area contributed by atoms with Gasteiger partial charge in [0.2, 0.25) is 11.8 Å². The summed E-state index contributed by atoms with van der Waals surface area (Å²) in [4.78, 5) is 26.1. The predicted molar refractivity (Wildman–Crippen MR) is 81.5 cm³/mol. The number of nitriles is 1. The first kappa shape index (κ1) is 15.4. The van der Waals surface area contributed by atoms with Crippen LogP contribution in [-0.2, 0) is 9.59 Å². The molecule has 21 heavy (non-hydrogen) atoms. The highest BCUT2D eigenvalue weighted by Gasteiger charge is 2.25. The first-order chi connectivity index (χ1) is 10.1. The number of hydrogen-bond donors (Lipinski definition) is 1. The molecule has 0 radical (unpaired) electrons. The molecule has 2 amide bonds. The zero-order chi connectivity index (χ0) is 15.2. The monoisotopic (exact) mass is 303 g/mol. The van der Waals surface area contributed by atoms with Crippen LogP contribution in [0.4, 0.5) is 5.69 Å². The van der Waals surface area contributed by atoms with E-state index in [4.69, 9.17) is 5.26 Å². The van der Waals surface area contributed by atoms with Gasteiger partial charge in [0.25, 0.3) is 0 Å². The second-order valence-electron chi connectivity index (χ2n) is 4.99. The highest BCUT2D eigenvalue weighted by molar-refractivity contribution is 8.03. The molecule has 6 heteroatoms. The molecule has 0 saturated carbocycles. The zero-order valence-electron chi connectivity index (χ0n) is 11.8. The first-order valence-corrected chi connectivity index (χ1v) is 7.64. The number of nitrogens with zero attached hydrogens (tertiary/aromatic N) is 2. The largest absolute Gasteiger partial charge is 0.343 e. The summed E-state index contributed by atoms with van der Waals surface area (Å²) in [6.45, 7) is 2.84. The van der Waals surface area contributed by atoms with E-state index in [9.17, 15) is 9.59 Å². The minimum Gasteiger partial charge on any atom is -0.343 e. The minimum atomic E-state index is -0.0474. The fourth-order valence-electron chi connectivity index (χ4n) is 2.36. The summed E-state index contributed by atoms with van der Waals surface area (Å²) in [5.74, 6) is 0.0205. The fourth-order valence-corrected chi connectivity index (χ4v) is 2.74. The van der Waals surface area contributed by atoms with Crippen LogP contribution in [0.25, 0.3) is 0 Å². The van der Waals surface area contributed by atoms with Crippen LogP contribution in [-0.4, -0.2) is 29.8 Å². The topological polar surface area (TPSA) is 73.2 Å². The Kier molecular flexibility index (Phi) is 5.23. The average Bonchev–Trinajstić information content (AvgIpc) is 2.49. The molecule has 0 aliphatic carbocycles. The standard InChI is InChI=1S/C15H17N3O2S/c1-11(19)18-8-6-12(7-9-18)15(20)17-13-2-4-14(5-3-13)21-10-16/h2-5,12H,6-9H2,1H3,(H,17,20). The number of thiocyanates is 1. The van der Waals surface area contributed by atoms with Crippen molar-refractivity contribution in [2.45, 2.75) is 24.7 Å². The van der Waals surface area contributed by atoms with Crippen molar-refractivity contribution in [1.82, 2.24) is 4.90 Å². The van der Waals surface area contributed by atoms with Crippen molar-refractivity contribution in [2.75, 3.05) is 18.4 Å². The van der Waals surface area contributed by atoms with E-state index < -0.39 is 0 Å². The lowest BCUT2D eigenvalue weighted by atomic mass is 9.96. The summed E-state index contributed by atoms with van der Waals surface area (Å²) in [6.07, 6.45) is 1.40. The van der Waals surface area contributed by atoms with Crippen LogP contribution in [0.2, 0.25) is 0 Å². The van der Waals surface area contributed by atoms with Crippen LogP contribution in [0.3, 0.4) is 0 Å². The minimum absolute atomic E-state index is 0.00103. The smallest absolute Gasteiger partial charge is 0.227 e. The van der Waals surface area contributed by atoms with E-state index in [0.29, 0.717) is 25.9 Å². The predicted octanol–water partition coefficient (Wildman–Crippen LogP) is 2.46. The fraction of sp³-hybridized carbons (Fsp3) is 0.400. The molecule has 5 nitrogen and oxygen atoms in total. The van der Waals surface area contributed by atoms with Crippen LogP contribution in [0.15, 0.2) is 29.2 Å². The number of likely N-dealkylation sites (tertiary alicyclic amines) is 1. The van der Waals surface area contributed by atoms with Gasteiger partial charge in [0, 0.05) is 36.5 Å². The second kappa shape index (κ2) is 7.14. The van der Waals surface area contributed by atoms with Gasteiger partial charge in [-0.05, 0) is 48.9 Å². The Morgan fingerprint density at radius 2 is 1.90 bits per heavy atom. The molecule has 1 heterocycles. The van der Waals surface area contributed by atoms with Crippen molar-refractivity contribution in [3.05, 3.63) is 24.3 Å². The van der Waals surface area contributed by atoms with Crippen LogP contribution < -0.4 is 5.32 Å². The van der Waals surface area contributed by atoms with E-state index in [0.717, 1.165) is 22.3 Å². The highest BCUT2D eigenvalue weighted by Crippen LogP contribution is 2.22. The molecule has 2 rings (SSSR count). The van der Waals surface area contributed by atoms with E-state index in [1.165, 1.54) is 0 Å². The van der Waals surface area contributed by atoms with Crippen molar-refractivity contribution in [2.24, 2.45) is 5.92 Å². The van der Waals surface area contributed by atoms with Gasteiger partial charge in [-0.15, -0.1) is 0 Å². The van der Waals surface area contributed by atoms with Crippen LogP contribution in [0.1, 0.15) is 19.8 Å². The van der Waals surface area contributed by atoms with Crippen LogP contribution in [0, 0.1) is 16.6 Å². The Morgan fingerprint density at radius 1 is 1.29 bits per heavy atom. The van der Waals surface area contributed by atoms with Crippen molar-refractivity contribution in [1.29, 1.82) is 5.26 Å². The lowest BCUT2D eigenvalue weighted by Crippen LogP contribution is -2.40. The Labute approximate surface area is 128 Å². The molecule has 0 atom stereocenters. The molecule has 0 aromatic heterocycles. The molecule has 1 aromatic carbocycles. The summed E-state index contributed by atoms with van der Waals surface area (Å²) in [6, 6.07) is 7.20. The summed E-state index contributed by atoms with van der Waals surface area (Å²) in [5, 5.41) is 13.5. The van der Waals surface area contributed by atoms with Gasteiger partial charge in [-0.2, -0.15) is 5.26 Å². The number of anilines is 1. The van der Waals surface area contributed by atoms with Gasteiger partial charge in [0.05, 0.1) is 0 Å². The third-order valence-corrected chi connectivity index (χ3v) is 4.20. The van der Waals surface area contributed by atoms with Crippen molar-refractivity contribution in [3.8, 4) is 5.40 Å². The zero-order valence-corrected chi connectivity index (χ0v) is 12.7. The molecule has 1 saturated heterocycles. The number of hydrogen-bond acceptors (Lipinski definition) is 4. The van der Waals surface area contributed by atoms with E-state index in [-0.39, 0.29) is 17.7 Å². The van der Waals surface area contributed by atoms with Gasteiger partial charge in [0.1, 0.15) is 5.40 Å². The maximum Gasteiger partial charge on any atom is 0.227 e. The summed E-state index contributed by atoms with van der Waals surface area (Å²) in [5.41, 5.74) is 0.733. The van der Waals surface area contributed by atoms with Gasteiger partial charge in [0.15, 0.2) is 0 Å². The maximum atomic E-state index is 12.2. The SMILES string of the molecule is CC(=O)N1CCC(C(=O)Nc2ccc(SC#N)cc2)CC1. The number of benzene rings is 1. The Hall–Kier alpha value is -2.00. The Balaban J connectivity index is 1.87. The molecule has 110 valence electrons. The molecule has 0 bridgehead atoms. The number of amides is 2. The van der Waals surface area contributed by atoms with E-state index in [2.05, 4.69) is 5.32 Å².